The fraction of sp³-hybridized carbons (Fsp3) is 0.217. The predicted molar refractivity (Wildman–Crippen MR) is 127 cm³/mol. The van der Waals surface area contributed by atoms with Crippen LogP contribution in [0.25, 0.3) is 6.08 Å². The molecule has 33 heavy (non-hydrogen) atoms. The van der Waals surface area contributed by atoms with E-state index in [1.54, 1.807) is 30.3 Å². The summed E-state index contributed by atoms with van der Waals surface area (Å²) < 4.78 is 11.4. The zero-order valence-corrected chi connectivity index (χ0v) is 19.0. The molecule has 8 nitrogen and oxygen atoms in total. The first-order chi connectivity index (χ1) is 15.9. The number of rotatable bonds is 7. The summed E-state index contributed by atoms with van der Waals surface area (Å²) in [5, 5.41) is 11.8. The van der Waals surface area contributed by atoms with Gasteiger partial charge in [-0.3, -0.25) is 19.3 Å². The molecule has 2 amide bonds. The highest BCUT2D eigenvalue weighted by Gasteiger charge is 2.33. The van der Waals surface area contributed by atoms with Crippen LogP contribution in [0.3, 0.4) is 0 Å². The fourth-order valence-electron chi connectivity index (χ4n) is 3.38. The number of hydrogen-bond donors (Lipinski definition) is 2. The van der Waals surface area contributed by atoms with Crippen molar-refractivity contribution in [2.45, 2.75) is 12.5 Å². The summed E-state index contributed by atoms with van der Waals surface area (Å²) in [5.41, 5.74) is 1.83. The van der Waals surface area contributed by atoms with Gasteiger partial charge in [0.2, 0.25) is 5.91 Å². The molecule has 2 heterocycles. The van der Waals surface area contributed by atoms with Crippen LogP contribution < -0.4 is 10.1 Å². The van der Waals surface area contributed by atoms with Gasteiger partial charge >= 0.3 is 5.97 Å². The number of ether oxygens (including phenoxy) is 2. The summed E-state index contributed by atoms with van der Waals surface area (Å²) in [6.07, 6.45) is 2.35. The Morgan fingerprint density at radius 1 is 1.18 bits per heavy atom. The maximum Gasteiger partial charge on any atom is 0.323 e. The van der Waals surface area contributed by atoms with Gasteiger partial charge in [-0.2, -0.15) is 0 Å². The van der Waals surface area contributed by atoms with Crippen LogP contribution in [0.15, 0.2) is 53.4 Å². The summed E-state index contributed by atoms with van der Waals surface area (Å²) in [6.45, 7) is 0.168. The molecule has 0 aliphatic carbocycles. The first-order valence-corrected chi connectivity index (χ1v) is 11.3. The van der Waals surface area contributed by atoms with E-state index in [-0.39, 0.29) is 22.9 Å². The normalized spacial score (nSPS) is 19.6. The van der Waals surface area contributed by atoms with Gasteiger partial charge in [-0.1, -0.05) is 48.2 Å². The van der Waals surface area contributed by atoms with E-state index in [1.807, 2.05) is 24.3 Å². The Hall–Kier alpha value is -3.21. The topological polar surface area (TPSA) is 105 Å². The molecule has 2 aromatic rings. The molecule has 2 N–H and O–H groups in total. The fourth-order valence-corrected chi connectivity index (χ4v) is 4.64. The van der Waals surface area contributed by atoms with E-state index in [0.717, 1.165) is 27.8 Å². The molecule has 1 atom stereocenters. The lowest BCUT2D eigenvalue weighted by Crippen LogP contribution is -2.46. The highest BCUT2D eigenvalue weighted by molar-refractivity contribution is 8.26. The largest absolute Gasteiger partial charge is 0.480 e. The van der Waals surface area contributed by atoms with Crippen LogP contribution in [-0.2, 0) is 25.5 Å². The van der Waals surface area contributed by atoms with E-state index in [2.05, 4.69) is 5.32 Å². The molecule has 4 rings (SSSR count). The van der Waals surface area contributed by atoms with E-state index >= 15 is 0 Å². The number of thiocarbonyl (C=S) groups is 1. The van der Waals surface area contributed by atoms with Crippen molar-refractivity contribution in [1.29, 1.82) is 0 Å². The second-order valence-electron chi connectivity index (χ2n) is 7.46. The second-order valence-corrected chi connectivity index (χ2v) is 9.14. The van der Waals surface area contributed by atoms with Gasteiger partial charge in [-0.05, 0) is 47.9 Å². The Labute approximate surface area is 199 Å². The van der Waals surface area contributed by atoms with Crippen molar-refractivity contribution in [2.75, 3.05) is 19.8 Å². The number of carbonyl (C=O) groups is 3. The summed E-state index contributed by atoms with van der Waals surface area (Å²) in [7, 11) is 0. The van der Waals surface area contributed by atoms with Gasteiger partial charge < -0.3 is 19.9 Å². The van der Waals surface area contributed by atoms with Crippen molar-refractivity contribution in [2.24, 2.45) is 0 Å². The molecule has 0 radical (unpaired) electrons. The molecule has 2 aliphatic rings. The van der Waals surface area contributed by atoms with Crippen molar-refractivity contribution in [1.82, 2.24) is 10.2 Å². The van der Waals surface area contributed by atoms with E-state index < -0.39 is 18.4 Å². The molecule has 0 bridgehead atoms. The Kier molecular flexibility index (Phi) is 7.07. The minimum atomic E-state index is -1.11. The molecule has 2 aliphatic heterocycles. The molecular weight excluding hydrogens is 464 g/mol. The third-order valence-corrected chi connectivity index (χ3v) is 6.28. The maximum atomic E-state index is 12.4. The maximum absolute atomic E-state index is 12.4. The standard InChI is InChI=1S/C23H20N2O6S2/c26-20-13-30-12-16(24-20)9-14-1-5-17(6-2-14)31-18-7-3-15(4-8-18)10-19-22(29)25(11-21(27)28)23(32)33-19/h1-8,10,16H,9,11-13H2,(H,24,26)(H,27,28)/b19-10-. The van der Waals surface area contributed by atoms with Crippen molar-refractivity contribution >= 4 is 52.2 Å². The first-order valence-electron chi connectivity index (χ1n) is 10.1. The average Bonchev–Trinajstić information content (AvgIpc) is 3.03. The van der Waals surface area contributed by atoms with E-state index in [9.17, 15) is 14.4 Å². The lowest BCUT2D eigenvalue weighted by atomic mass is 10.1. The lowest BCUT2D eigenvalue weighted by molar-refractivity contribution is -0.140. The first kappa shape index (κ1) is 23.0. The SMILES string of the molecule is O=C(O)CN1C(=O)/C(=C/c2ccc(Oc3ccc(CC4COCC(=O)N4)cc3)cc2)SC1=S. The number of carboxylic acid groups (broad SMARTS) is 1. The van der Waals surface area contributed by atoms with Crippen LogP contribution in [0.5, 0.6) is 11.5 Å². The molecule has 2 saturated heterocycles. The second kappa shape index (κ2) is 10.2. The van der Waals surface area contributed by atoms with Crippen LogP contribution in [-0.4, -0.2) is 57.9 Å². The van der Waals surface area contributed by atoms with Gasteiger partial charge in [0.25, 0.3) is 5.91 Å². The summed E-state index contributed by atoms with van der Waals surface area (Å²) in [4.78, 5) is 36.1. The number of carboxylic acids is 1. The molecule has 170 valence electrons. The summed E-state index contributed by atoms with van der Waals surface area (Å²) in [6, 6.07) is 14.8. The average molecular weight is 485 g/mol. The minimum absolute atomic E-state index is 0.0323. The number of hydrogen-bond acceptors (Lipinski definition) is 7. The van der Waals surface area contributed by atoms with Crippen LogP contribution in [0, 0.1) is 0 Å². The number of benzene rings is 2. The van der Waals surface area contributed by atoms with Gasteiger partial charge in [0.15, 0.2) is 0 Å². The number of carbonyl (C=O) groups excluding carboxylic acids is 2. The molecule has 0 saturated carbocycles. The zero-order chi connectivity index (χ0) is 23.4. The van der Waals surface area contributed by atoms with E-state index in [4.69, 9.17) is 26.8 Å². The molecule has 1 unspecified atom stereocenters. The molecule has 0 aromatic heterocycles. The van der Waals surface area contributed by atoms with Gasteiger partial charge in [0, 0.05) is 0 Å². The van der Waals surface area contributed by atoms with E-state index in [1.165, 1.54) is 0 Å². The molecule has 2 aromatic carbocycles. The van der Waals surface area contributed by atoms with Gasteiger partial charge in [-0.15, -0.1) is 0 Å². The number of amides is 2. The Morgan fingerprint density at radius 3 is 2.48 bits per heavy atom. The minimum Gasteiger partial charge on any atom is -0.480 e. The number of thioether (sulfide) groups is 1. The van der Waals surface area contributed by atoms with Gasteiger partial charge in [0.05, 0.1) is 17.6 Å². The van der Waals surface area contributed by atoms with Crippen molar-refractivity contribution < 1.29 is 29.0 Å². The van der Waals surface area contributed by atoms with Crippen LogP contribution >= 0.6 is 24.0 Å². The van der Waals surface area contributed by atoms with E-state index in [0.29, 0.717) is 29.4 Å². The summed E-state index contributed by atoms with van der Waals surface area (Å²) >= 11 is 6.18. The Morgan fingerprint density at radius 2 is 1.85 bits per heavy atom. The third kappa shape index (κ3) is 5.98. The number of nitrogens with zero attached hydrogens (tertiary/aromatic N) is 1. The summed E-state index contributed by atoms with van der Waals surface area (Å²) in [5.74, 6) is -0.318. The molecular formula is C23H20N2O6S2. The Bertz CT molecular complexity index is 1110. The van der Waals surface area contributed by atoms with Crippen LogP contribution in [0.1, 0.15) is 11.1 Å². The van der Waals surface area contributed by atoms with Gasteiger partial charge in [-0.25, -0.2) is 0 Å². The number of aliphatic carboxylic acids is 1. The molecule has 0 spiro atoms. The zero-order valence-electron chi connectivity index (χ0n) is 17.4. The number of morpholine rings is 1. The van der Waals surface area contributed by atoms with Crippen LogP contribution in [0.2, 0.25) is 0 Å². The smallest absolute Gasteiger partial charge is 0.323 e. The van der Waals surface area contributed by atoms with Crippen molar-refractivity contribution in [3.8, 4) is 11.5 Å². The quantitative estimate of drug-likeness (QED) is 0.457. The highest BCUT2D eigenvalue weighted by atomic mass is 32.2. The van der Waals surface area contributed by atoms with Crippen molar-refractivity contribution in [3.63, 3.8) is 0 Å². The Balaban J connectivity index is 1.35. The van der Waals surface area contributed by atoms with Crippen LogP contribution in [0.4, 0.5) is 0 Å². The predicted octanol–water partition coefficient (Wildman–Crippen LogP) is 2.82. The number of nitrogens with one attached hydrogen (secondary N) is 1. The van der Waals surface area contributed by atoms with Gasteiger partial charge in [0.1, 0.15) is 29.0 Å². The molecule has 2 fully saturated rings. The monoisotopic (exact) mass is 484 g/mol. The third-order valence-electron chi connectivity index (χ3n) is 4.90. The lowest BCUT2D eigenvalue weighted by Gasteiger charge is -2.23. The highest BCUT2D eigenvalue weighted by Crippen LogP contribution is 2.32. The molecule has 10 heteroatoms. The van der Waals surface area contributed by atoms with Crippen molar-refractivity contribution in [3.05, 3.63) is 64.6 Å².